The number of amides is 2. The third kappa shape index (κ3) is 7.40. The molecule has 0 bridgehead atoms. The zero-order chi connectivity index (χ0) is 21.3. The number of ether oxygens (including phenoxy) is 1. The summed E-state index contributed by atoms with van der Waals surface area (Å²) in [6.07, 6.45) is 0.880. The summed E-state index contributed by atoms with van der Waals surface area (Å²) < 4.78 is 33.6. The predicted molar refractivity (Wildman–Crippen MR) is 114 cm³/mol. The van der Waals surface area contributed by atoms with Crippen molar-refractivity contribution in [1.29, 1.82) is 0 Å². The molecule has 1 N–H and O–H groups in total. The highest BCUT2D eigenvalue weighted by Gasteiger charge is 2.16. The molecular weight excluding hydrogens is 392 g/mol. The van der Waals surface area contributed by atoms with E-state index in [2.05, 4.69) is 12.2 Å². The second-order valence-corrected chi connectivity index (χ2v) is 8.33. The van der Waals surface area contributed by atoms with Gasteiger partial charge in [-0.15, -0.1) is 0 Å². The van der Waals surface area contributed by atoms with Crippen LogP contribution in [0.5, 0.6) is 5.75 Å². The van der Waals surface area contributed by atoms with Crippen LogP contribution in [0.2, 0.25) is 0 Å². The molecule has 158 valence electrons. The zero-order valence-corrected chi connectivity index (χ0v) is 17.9. The number of methoxy groups -OCH3 is 1. The molecular formula is C21H28N2O5S. The topological polar surface area (TPSA) is 84.9 Å². The van der Waals surface area contributed by atoms with Crippen molar-refractivity contribution in [2.24, 2.45) is 0 Å². The number of rotatable bonds is 10. The number of urea groups is 1. The first-order valence-corrected chi connectivity index (χ1v) is 11.1. The summed E-state index contributed by atoms with van der Waals surface area (Å²) >= 11 is 0. The molecule has 0 aliphatic heterocycles. The van der Waals surface area contributed by atoms with Crippen molar-refractivity contribution in [3.05, 3.63) is 59.7 Å². The van der Waals surface area contributed by atoms with Crippen molar-refractivity contribution in [3.63, 3.8) is 0 Å². The lowest BCUT2D eigenvalue weighted by Crippen LogP contribution is -2.36. The highest BCUT2D eigenvalue weighted by Crippen LogP contribution is 2.18. The summed E-state index contributed by atoms with van der Waals surface area (Å²) in [4.78, 5) is 14.4. The predicted octanol–water partition coefficient (Wildman–Crippen LogP) is 3.66. The summed E-state index contributed by atoms with van der Waals surface area (Å²) in [5, 5.41) is 2.91. The summed E-state index contributed by atoms with van der Waals surface area (Å²) in [7, 11) is -2.03. The highest BCUT2D eigenvalue weighted by molar-refractivity contribution is 7.87. The van der Waals surface area contributed by atoms with Crippen molar-refractivity contribution in [2.75, 3.05) is 31.3 Å². The van der Waals surface area contributed by atoms with Crippen LogP contribution in [0.3, 0.4) is 0 Å². The maximum absolute atomic E-state index is 12.8. The van der Waals surface area contributed by atoms with E-state index in [-0.39, 0.29) is 24.1 Å². The number of hydrogen-bond donors (Lipinski definition) is 1. The van der Waals surface area contributed by atoms with Gasteiger partial charge in [-0.05, 0) is 48.7 Å². The molecule has 0 aromatic heterocycles. The number of aryl methyl sites for hydroxylation is 1. The van der Waals surface area contributed by atoms with Gasteiger partial charge in [0.1, 0.15) is 5.75 Å². The van der Waals surface area contributed by atoms with E-state index in [1.807, 2.05) is 30.3 Å². The molecule has 2 aromatic rings. The van der Waals surface area contributed by atoms with Crippen molar-refractivity contribution in [3.8, 4) is 5.75 Å². The number of hydrogen-bond acceptors (Lipinski definition) is 5. The highest BCUT2D eigenvalue weighted by atomic mass is 32.2. The maximum Gasteiger partial charge on any atom is 0.322 e. The maximum atomic E-state index is 12.8. The fourth-order valence-electron chi connectivity index (χ4n) is 2.65. The Hall–Kier alpha value is -2.58. The quantitative estimate of drug-likeness (QED) is 0.593. The standard InChI is InChI=1S/C21H28N2O5S/c1-4-17-8-6-10-19(14-17)22-21(24)23(12-13-27-3)16-18-9-7-11-20(15-18)28-29(25,26)5-2/h6-11,14-15H,4-5,12-13,16H2,1-3H3,(H,22,24). The number of carbonyl (C=O) groups is 1. The Kier molecular flexibility index (Phi) is 8.48. The first-order chi connectivity index (χ1) is 13.9. The van der Waals surface area contributed by atoms with E-state index >= 15 is 0 Å². The van der Waals surface area contributed by atoms with Crippen molar-refractivity contribution >= 4 is 21.8 Å². The lowest BCUT2D eigenvalue weighted by atomic mass is 10.1. The summed E-state index contributed by atoms with van der Waals surface area (Å²) in [5.41, 5.74) is 2.61. The molecule has 29 heavy (non-hydrogen) atoms. The zero-order valence-electron chi connectivity index (χ0n) is 17.1. The minimum Gasteiger partial charge on any atom is -0.383 e. The van der Waals surface area contributed by atoms with Crippen molar-refractivity contribution < 1.29 is 22.1 Å². The van der Waals surface area contributed by atoms with Crippen LogP contribution in [0, 0.1) is 0 Å². The molecule has 2 rings (SSSR count). The van der Waals surface area contributed by atoms with E-state index in [1.54, 1.807) is 30.2 Å². The Labute approximate surface area is 172 Å². The molecule has 0 aliphatic rings. The molecule has 2 amide bonds. The molecule has 7 nitrogen and oxygen atoms in total. The normalized spacial score (nSPS) is 11.1. The Bertz CT molecular complexity index is 915. The van der Waals surface area contributed by atoms with E-state index in [9.17, 15) is 13.2 Å². The monoisotopic (exact) mass is 420 g/mol. The van der Waals surface area contributed by atoms with Gasteiger partial charge in [-0.1, -0.05) is 31.2 Å². The summed E-state index contributed by atoms with van der Waals surface area (Å²) in [6.45, 7) is 4.62. The molecule has 0 radical (unpaired) electrons. The van der Waals surface area contributed by atoms with Gasteiger partial charge in [0, 0.05) is 25.9 Å². The fourth-order valence-corrected chi connectivity index (χ4v) is 3.16. The Morgan fingerprint density at radius 3 is 2.48 bits per heavy atom. The van der Waals surface area contributed by atoms with Crippen LogP contribution in [-0.4, -0.2) is 45.4 Å². The fraction of sp³-hybridized carbons (Fsp3) is 0.381. The lowest BCUT2D eigenvalue weighted by molar-refractivity contribution is 0.153. The molecule has 0 unspecified atom stereocenters. The lowest BCUT2D eigenvalue weighted by Gasteiger charge is -2.23. The molecule has 0 heterocycles. The van der Waals surface area contributed by atoms with Gasteiger partial charge in [0.15, 0.2) is 0 Å². The molecule has 0 fully saturated rings. The number of benzene rings is 2. The van der Waals surface area contributed by atoms with Gasteiger partial charge in [-0.3, -0.25) is 0 Å². The van der Waals surface area contributed by atoms with Crippen LogP contribution in [0.4, 0.5) is 10.5 Å². The number of carbonyl (C=O) groups excluding carboxylic acids is 1. The molecule has 0 spiro atoms. The molecule has 0 saturated carbocycles. The molecule has 0 atom stereocenters. The van der Waals surface area contributed by atoms with Crippen LogP contribution >= 0.6 is 0 Å². The summed E-state index contributed by atoms with van der Waals surface area (Å²) in [6, 6.07) is 14.2. The first-order valence-electron chi connectivity index (χ1n) is 9.51. The van der Waals surface area contributed by atoms with Gasteiger partial charge in [0.25, 0.3) is 0 Å². The third-order valence-corrected chi connectivity index (χ3v) is 5.44. The molecule has 2 aromatic carbocycles. The Balaban J connectivity index is 2.14. The largest absolute Gasteiger partial charge is 0.383 e. The number of nitrogens with one attached hydrogen (secondary N) is 1. The smallest absolute Gasteiger partial charge is 0.322 e. The molecule has 8 heteroatoms. The minimum atomic E-state index is -3.61. The van der Waals surface area contributed by atoms with Crippen molar-refractivity contribution in [2.45, 2.75) is 26.8 Å². The van der Waals surface area contributed by atoms with Gasteiger partial charge < -0.3 is 19.1 Å². The van der Waals surface area contributed by atoms with Crippen LogP contribution in [0.15, 0.2) is 48.5 Å². The second-order valence-electron chi connectivity index (χ2n) is 6.48. The van der Waals surface area contributed by atoms with Crippen LogP contribution in [0.1, 0.15) is 25.0 Å². The van der Waals surface area contributed by atoms with E-state index in [1.165, 1.54) is 6.92 Å². The van der Waals surface area contributed by atoms with Crippen molar-refractivity contribution in [1.82, 2.24) is 4.90 Å². The van der Waals surface area contributed by atoms with Gasteiger partial charge in [0.05, 0.1) is 12.4 Å². The number of anilines is 1. The van der Waals surface area contributed by atoms with Crippen LogP contribution < -0.4 is 9.50 Å². The number of nitrogens with zero attached hydrogens (tertiary/aromatic N) is 1. The third-order valence-electron chi connectivity index (χ3n) is 4.29. The van der Waals surface area contributed by atoms with E-state index in [4.69, 9.17) is 8.92 Å². The average Bonchev–Trinajstić information content (AvgIpc) is 2.71. The van der Waals surface area contributed by atoms with Gasteiger partial charge in [-0.2, -0.15) is 8.42 Å². The Morgan fingerprint density at radius 2 is 1.79 bits per heavy atom. The van der Waals surface area contributed by atoms with Gasteiger partial charge >= 0.3 is 16.1 Å². The van der Waals surface area contributed by atoms with Gasteiger partial charge in [-0.25, -0.2) is 4.79 Å². The average molecular weight is 421 g/mol. The second kappa shape index (κ2) is 10.8. The van der Waals surface area contributed by atoms with Gasteiger partial charge in [0.2, 0.25) is 0 Å². The Morgan fingerprint density at radius 1 is 1.07 bits per heavy atom. The van der Waals surface area contributed by atoms with Crippen LogP contribution in [0.25, 0.3) is 0 Å². The van der Waals surface area contributed by atoms with E-state index in [0.29, 0.717) is 13.2 Å². The van der Waals surface area contributed by atoms with E-state index < -0.39 is 10.1 Å². The molecule has 0 aliphatic carbocycles. The van der Waals surface area contributed by atoms with E-state index in [0.717, 1.165) is 23.2 Å². The first kappa shape index (κ1) is 22.7. The minimum absolute atomic E-state index is 0.115. The summed E-state index contributed by atoms with van der Waals surface area (Å²) in [5.74, 6) is 0.114. The molecule has 0 saturated heterocycles. The van der Waals surface area contributed by atoms with Crippen LogP contribution in [-0.2, 0) is 27.8 Å². The SMILES string of the molecule is CCc1cccc(NC(=O)N(CCOC)Cc2cccc(OS(=O)(=O)CC)c2)c1.